The van der Waals surface area contributed by atoms with Crippen molar-refractivity contribution in [2.45, 2.75) is 38.9 Å². The molecule has 0 amide bonds. The number of ether oxygens (including phenoxy) is 1. The van der Waals surface area contributed by atoms with Gasteiger partial charge in [0.15, 0.2) is 0 Å². The van der Waals surface area contributed by atoms with Gasteiger partial charge in [0.05, 0.1) is 18.3 Å². The van der Waals surface area contributed by atoms with Crippen LogP contribution >= 0.6 is 0 Å². The standard InChI is InChI=1S/C15H20BFO3/c1-14(2)15(3,4)20-16(19-14)13(17)10-11-7-6-8-12(9-11)18-5/h6-10H,1-5H3/b13-10-. The van der Waals surface area contributed by atoms with E-state index in [1.807, 2.05) is 39.8 Å². The Bertz CT molecular complexity index is 510. The van der Waals surface area contributed by atoms with Crippen LogP contribution in [0.2, 0.25) is 0 Å². The summed E-state index contributed by atoms with van der Waals surface area (Å²) >= 11 is 0. The maximum atomic E-state index is 14.3. The van der Waals surface area contributed by atoms with Gasteiger partial charge in [-0.05, 0) is 51.5 Å². The summed E-state index contributed by atoms with van der Waals surface area (Å²) in [4.78, 5) is 0. The van der Waals surface area contributed by atoms with E-state index in [-0.39, 0.29) is 0 Å². The van der Waals surface area contributed by atoms with Crippen molar-refractivity contribution in [3.63, 3.8) is 0 Å². The molecular formula is C15H20BFO3. The van der Waals surface area contributed by atoms with Crippen molar-refractivity contribution in [3.8, 4) is 5.75 Å². The molecule has 1 aliphatic rings. The first-order valence-corrected chi connectivity index (χ1v) is 6.62. The van der Waals surface area contributed by atoms with E-state index in [1.54, 1.807) is 19.2 Å². The van der Waals surface area contributed by atoms with Gasteiger partial charge in [0.25, 0.3) is 0 Å². The smallest absolute Gasteiger partial charge is 0.497 e. The lowest BCUT2D eigenvalue weighted by molar-refractivity contribution is 0.00578. The first-order chi connectivity index (χ1) is 9.25. The van der Waals surface area contributed by atoms with Crippen LogP contribution in [0.15, 0.2) is 30.0 Å². The fraction of sp³-hybridized carbons (Fsp3) is 0.467. The van der Waals surface area contributed by atoms with Crippen molar-refractivity contribution in [1.29, 1.82) is 0 Å². The van der Waals surface area contributed by atoms with Gasteiger partial charge in [0.2, 0.25) is 0 Å². The van der Waals surface area contributed by atoms with E-state index in [1.165, 1.54) is 6.08 Å². The third-order valence-electron chi connectivity index (χ3n) is 3.88. The second-order valence-electron chi connectivity index (χ2n) is 5.89. The first-order valence-electron chi connectivity index (χ1n) is 6.62. The molecule has 108 valence electrons. The van der Waals surface area contributed by atoms with Gasteiger partial charge in [-0.1, -0.05) is 12.1 Å². The summed E-state index contributed by atoms with van der Waals surface area (Å²) in [5.74, 6) is 0.681. The van der Waals surface area contributed by atoms with Crippen molar-refractivity contribution in [3.05, 3.63) is 35.6 Å². The molecule has 1 aliphatic heterocycles. The fourth-order valence-electron chi connectivity index (χ4n) is 1.91. The lowest BCUT2D eigenvalue weighted by Crippen LogP contribution is -2.41. The SMILES string of the molecule is COc1cccc(/C=C(\F)B2OC(C)(C)C(C)(C)O2)c1. The van der Waals surface area contributed by atoms with E-state index in [9.17, 15) is 4.39 Å². The van der Waals surface area contributed by atoms with Gasteiger partial charge in [0.1, 0.15) is 11.5 Å². The molecule has 20 heavy (non-hydrogen) atoms. The fourth-order valence-corrected chi connectivity index (χ4v) is 1.91. The Morgan fingerprint density at radius 1 is 1.20 bits per heavy atom. The van der Waals surface area contributed by atoms with Gasteiger partial charge in [-0.25, -0.2) is 4.39 Å². The van der Waals surface area contributed by atoms with Gasteiger partial charge in [0, 0.05) is 0 Å². The van der Waals surface area contributed by atoms with Crippen molar-refractivity contribution in [1.82, 2.24) is 0 Å². The Hall–Kier alpha value is -1.33. The largest absolute Gasteiger partial charge is 0.525 e. The molecule has 1 aromatic rings. The number of hydrogen-bond acceptors (Lipinski definition) is 3. The molecule has 0 saturated carbocycles. The Kier molecular flexibility index (Phi) is 3.94. The molecule has 1 aromatic carbocycles. The van der Waals surface area contributed by atoms with E-state index in [0.717, 1.165) is 0 Å². The first kappa shape index (κ1) is 15.1. The summed E-state index contributed by atoms with van der Waals surface area (Å²) in [6.45, 7) is 7.58. The molecule has 0 atom stereocenters. The van der Waals surface area contributed by atoms with Crippen molar-refractivity contribution < 1.29 is 18.4 Å². The molecule has 2 rings (SSSR count). The monoisotopic (exact) mass is 278 g/mol. The summed E-state index contributed by atoms with van der Waals surface area (Å²) in [5.41, 5.74) is -0.831. The van der Waals surface area contributed by atoms with Crippen LogP contribution in [0.3, 0.4) is 0 Å². The minimum atomic E-state index is -0.966. The van der Waals surface area contributed by atoms with Crippen LogP contribution < -0.4 is 4.74 Å². The molecule has 0 aliphatic carbocycles. The summed E-state index contributed by atoms with van der Waals surface area (Å²) in [6.07, 6.45) is 1.41. The number of benzene rings is 1. The highest BCUT2D eigenvalue weighted by Crippen LogP contribution is 2.39. The molecule has 3 nitrogen and oxygen atoms in total. The van der Waals surface area contributed by atoms with E-state index >= 15 is 0 Å². The van der Waals surface area contributed by atoms with Crippen molar-refractivity contribution in [2.75, 3.05) is 7.11 Å². The summed E-state index contributed by atoms with van der Waals surface area (Å²) < 4.78 is 30.7. The highest BCUT2D eigenvalue weighted by atomic mass is 19.1. The van der Waals surface area contributed by atoms with E-state index < -0.39 is 24.0 Å². The van der Waals surface area contributed by atoms with E-state index in [4.69, 9.17) is 14.0 Å². The van der Waals surface area contributed by atoms with Crippen LogP contribution in [-0.2, 0) is 9.31 Å². The Morgan fingerprint density at radius 2 is 1.80 bits per heavy atom. The number of halogens is 1. The molecule has 1 fully saturated rings. The van der Waals surface area contributed by atoms with Gasteiger partial charge < -0.3 is 14.0 Å². The number of rotatable bonds is 3. The van der Waals surface area contributed by atoms with Gasteiger partial charge >= 0.3 is 7.12 Å². The lowest BCUT2D eigenvalue weighted by Gasteiger charge is -2.32. The normalized spacial score (nSPS) is 21.1. The summed E-state index contributed by atoms with van der Waals surface area (Å²) in [7, 11) is 0.610. The van der Waals surface area contributed by atoms with Crippen LogP contribution in [0.1, 0.15) is 33.3 Å². The van der Waals surface area contributed by atoms with Crippen LogP contribution in [-0.4, -0.2) is 25.4 Å². The molecule has 0 aromatic heterocycles. The maximum Gasteiger partial charge on any atom is 0.525 e. The molecule has 0 radical (unpaired) electrons. The molecule has 0 unspecified atom stereocenters. The average Bonchev–Trinajstić information content (AvgIpc) is 2.59. The van der Waals surface area contributed by atoms with Crippen LogP contribution in [0, 0.1) is 0 Å². The van der Waals surface area contributed by atoms with Gasteiger partial charge in [-0.15, -0.1) is 0 Å². The molecule has 1 heterocycles. The highest BCUT2D eigenvalue weighted by Gasteiger charge is 2.52. The third-order valence-corrected chi connectivity index (χ3v) is 3.88. The van der Waals surface area contributed by atoms with Crippen LogP contribution in [0.5, 0.6) is 5.75 Å². The molecule has 1 saturated heterocycles. The third kappa shape index (κ3) is 2.89. The predicted molar refractivity (Wildman–Crippen MR) is 78.2 cm³/mol. The van der Waals surface area contributed by atoms with Crippen molar-refractivity contribution in [2.24, 2.45) is 0 Å². The predicted octanol–water partition coefficient (Wildman–Crippen LogP) is 3.64. The minimum absolute atomic E-state index is 0.447. The van der Waals surface area contributed by atoms with Crippen LogP contribution in [0.4, 0.5) is 4.39 Å². The number of hydrogen-bond donors (Lipinski definition) is 0. The van der Waals surface area contributed by atoms with E-state index in [0.29, 0.717) is 11.3 Å². The minimum Gasteiger partial charge on any atom is -0.497 e. The Labute approximate surface area is 119 Å². The Morgan fingerprint density at radius 3 is 2.35 bits per heavy atom. The molecular weight excluding hydrogens is 258 g/mol. The second kappa shape index (κ2) is 5.22. The topological polar surface area (TPSA) is 27.7 Å². The molecule has 5 heteroatoms. The zero-order valence-corrected chi connectivity index (χ0v) is 12.6. The maximum absolute atomic E-state index is 14.3. The zero-order chi connectivity index (χ0) is 15.0. The highest BCUT2D eigenvalue weighted by molar-refractivity contribution is 6.54. The van der Waals surface area contributed by atoms with Gasteiger partial charge in [-0.3, -0.25) is 0 Å². The molecule has 0 bridgehead atoms. The van der Waals surface area contributed by atoms with Gasteiger partial charge in [-0.2, -0.15) is 0 Å². The summed E-state index contributed by atoms with van der Waals surface area (Å²) in [5, 5.41) is 0. The zero-order valence-electron chi connectivity index (χ0n) is 12.6. The average molecular weight is 278 g/mol. The van der Waals surface area contributed by atoms with E-state index in [2.05, 4.69) is 0 Å². The quantitative estimate of drug-likeness (QED) is 0.790. The second-order valence-corrected chi connectivity index (χ2v) is 5.89. The van der Waals surface area contributed by atoms with Crippen molar-refractivity contribution >= 4 is 13.2 Å². The lowest BCUT2D eigenvalue weighted by atomic mass is 9.87. The Balaban J connectivity index is 2.19. The molecule has 0 N–H and O–H groups in total. The number of methoxy groups -OCH3 is 1. The summed E-state index contributed by atoms with van der Waals surface area (Å²) in [6, 6.07) is 7.17. The van der Waals surface area contributed by atoms with Crippen LogP contribution in [0.25, 0.3) is 6.08 Å². The molecule has 0 spiro atoms.